The maximum Gasteiger partial charge on any atom is 0.261 e. The van der Waals surface area contributed by atoms with Crippen LogP contribution in [-0.4, -0.2) is 23.1 Å². The second-order valence-corrected chi connectivity index (χ2v) is 4.69. The van der Waals surface area contributed by atoms with E-state index in [1.807, 2.05) is 19.1 Å². The Labute approximate surface area is 128 Å². The molecule has 0 unspecified atom stereocenters. The maximum absolute atomic E-state index is 12.2. The number of nitrogens with one attached hydrogen (secondary N) is 2. The van der Waals surface area contributed by atoms with Gasteiger partial charge in [0.15, 0.2) is 5.11 Å². The van der Waals surface area contributed by atoms with Crippen LogP contribution in [0.4, 0.5) is 5.82 Å². The van der Waals surface area contributed by atoms with Crippen LogP contribution in [0.5, 0.6) is 5.75 Å². The molecule has 0 radical (unpaired) electrons. The Bertz CT molecular complexity index is 659. The number of aryl methyl sites for hydroxylation is 1. The van der Waals surface area contributed by atoms with Crippen molar-refractivity contribution in [3.8, 4) is 5.75 Å². The van der Waals surface area contributed by atoms with Crippen LogP contribution in [0.2, 0.25) is 0 Å². The lowest BCUT2D eigenvalue weighted by molar-refractivity contribution is 0.0974. The lowest BCUT2D eigenvalue weighted by Gasteiger charge is -2.12. The van der Waals surface area contributed by atoms with Crippen molar-refractivity contribution < 1.29 is 9.53 Å². The Morgan fingerprint density at radius 3 is 2.71 bits per heavy atom. The number of hydrogen-bond acceptors (Lipinski definition) is 4. The second kappa shape index (κ2) is 6.81. The van der Waals surface area contributed by atoms with Crippen LogP contribution in [-0.2, 0) is 0 Å². The number of anilines is 1. The first kappa shape index (κ1) is 14.9. The minimum atomic E-state index is -0.330. The highest BCUT2D eigenvalue weighted by molar-refractivity contribution is 7.80. The molecule has 0 saturated heterocycles. The van der Waals surface area contributed by atoms with E-state index >= 15 is 0 Å². The molecule has 0 spiro atoms. The van der Waals surface area contributed by atoms with E-state index in [-0.39, 0.29) is 11.0 Å². The summed E-state index contributed by atoms with van der Waals surface area (Å²) >= 11 is 5.10. The van der Waals surface area contributed by atoms with Crippen molar-refractivity contribution in [2.24, 2.45) is 0 Å². The zero-order chi connectivity index (χ0) is 15.2. The van der Waals surface area contributed by atoms with Gasteiger partial charge in [0.05, 0.1) is 12.7 Å². The lowest BCUT2D eigenvalue weighted by Crippen LogP contribution is -2.34. The molecule has 5 nitrogen and oxygen atoms in total. The minimum absolute atomic E-state index is 0.183. The summed E-state index contributed by atoms with van der Waals surface area (Å²) in [5.41, 5.74) is 1.32. The number of thiocarbonyl (C=S) groups is 1. The zero-order valence-corrected chi connectivity index (χ0v) is 12.5. The maximum atomic E-state index is 12.2. The van der Waals surface area contributed by atoms with Gasteiger partial charge in [0.1, 0.15) is 11.6 Å². The van der Waals surface area contributed by atoms with Crippen LogP contribution in [0, 0.1) is 6.92 Å². The Kier molecular flexibility index (Phi) is 4.84. The summed E-state index contributed by atoms with van der Waals surface area (Å²) in [6.07, 6.45) is 1.64. The topological polar surface area (TPSA) is 63.2 Å². The largest absolute Gasteiger partial charge is 0.496 e. The number of carbonyl (C=O) groups excluding carboxylic acids is 1. The fourth-order valence-corrected chi connectivity index (χ4v) is 2.05. The van der Waals surface area contributed by atoms with E-state index in [1.54, 1.807) is 30.5 Å². The van der Waals surface area contributed by atoms with E-state index in [0.717, 1.165) is 5.56 Å². The lowest BCUT2D eigenvalue weighted by atomic mass is 10.1. The Balaban J connectivity index is 2.08. The van der Waals surface area contributed by atoms with Gasteiger partial charge in [0.25, 0.3) is 5.91 Å². The highest BCUT2D eigenvalue weighted by atomic mass is 32.1. The Hall–Kier alpha value is -2.47. The van der Waals surface area contributed by atoms with E-state index in [2.05, 4.69) is 15.6 Å². The fourth-order valence-electron chi connectivity index (χ4n) is 1.86. The number of ether oxygens (including phenoxy) is 1. The molecule has 0 saturated carbocycles. The summed E-state index contributed by atoms with van der Waals surface area (Å²) in [6.45, 7) is 1.88. The summed E-state index contributed by atoms with van der Waals surface area (Å²) in [5, 5.41) is 5.63. The summed E-state index contributed by atoms with van der Waals surface area (Å²) in [4.78, 5) is 16.3. The van der Waals surface area contributed by atoms with Crippen molar-refractivity contribution >= 4 is 29.1 Å². The quantitative estimate of drug-likeness (QED) is 0.853. The number of hydrogen-bond donors (Lipinski definition) is 2. The molecule has 2 N–H and O–H groups in total. The zero-order valence-electron chi connectivity index (χ0n) is 11.7. The van der Waals surface area contributed by atoms with Gasteiger partial charge in [-0.15, -0.1) is 0 Å². The third-order valence-electron chi connectivity index (χ3n) is 2.79. The van der Waals surface area contributed by atoms with E-state index < -0.39 is 0 Å². The van der Waals surface area contributed by atoms with Gasteiger partial charge in [0, 0.05) is 6.20 Å². The molecule has 1 amide bonds. The van der Waals surface area contributed by atoms with Crippen molar-refractivity contribution in [1.82, 2.24) is 10.3 Å². The molecule has 0 aliphatic rings. The molecule has 0 fully saturated rings. The number of nitrogens with zero attached hydrogens (tertiary/aromatic N) is 1. The van der Waals surface area contributed by atoms with E-state index in [9.17, 15) is 4.79 Å². The Morgan fingerprint density at radius 2 is 2.05 bits per heavy atom. The first-order valence-electron chi connectivity index (χ1n) is 6.29. The van der Waals surface area contributed by atoms with Crippen molar-refractivity contribution in [3.05, 3.63) is 53.7 Å². The van der Waals surface area contributed by atoms with Gasteiger partial charge >= 0.3 is 0 Å². The van der Waals surface area contributed by atoms with E-state index in [0.29, 0.717) is 17.1 Å². The molecule has 2 rings (SSSR count). The highest BCUT2D eigenvalue weighted by Gasteiger charge is 2.15. The number of aromatic nitrogens is 1. The van der Waals surface area contributed by atoms with Crippen molar-refractivity contribution in [1.29, 1.82) is 0 Å². The molecule has 6 heteroatoms. The standard InChI is InChI=1S/C15H15N3O2S/c1-10-6-5-7-11(13(10)20-2)14(19)18-15(21)17-12-8-3-4-9-16-12/h3-9H,1-2H3,(H2,16,17,18,19,21). The SMILES string of the molecule is COc1c(C)cccc1C(=O)NC(=S)Nc1ccccn1. The number of pyridine rings is 1. The number of amides is 1. The van der Waals surface area contributed by atoms with Crippen molar-refractivity contribution in [2.75, 3.05) is 12.4 Å². The number of para-hydroxylation sites is 1. The predicted octanol–water partition coefficient (Wildman–Crippen LogP) is 2.53. The molecule has 1 aromatic carbocycles. The smallest absolute Gasteiger partial charge is 0.261 e. The van der Waals surface area contributed by atoms with Crippen molar-refractivity contribution in [2.45, 2.75) is 6.92 Å². The van der Waals surface area contributed by atoms with Gasteiger partial charge in [0.2, 0.25) is 0 Å². The molecule has 108 valence electrons. The predicted molar refractivity (Wildman–Crippen MR) is 85.7 cm³/mol. The van der Waals surface area contributed by atoms with Crippen LogP contribution in [0.1, 0.15) is 15.9 Å². The number of methoxy groups -OCH3 is 1. The van der Waals surface area contributed by atoms with Crippen LogP contribution >= 0.6 is 12.2 Å². The van der Waals surface area contributed by atoms with Crippen molar-refractivity contribution in [3.63, 3.8) is 0 Å². The summed E-state index contributed by atoms with van der Waals surface area (Å²) in [6, 6.07) is 10.7. The average molecular weight is 301 g/mol. The highest BCUT2D eigenvalue weighted by Crippen LogP contribution is 2.22. The van der Waals surface area contributed by atoms with Gasteiger partial charge < -0.3 is 10.1 Å². The number of benzene rings is 1. The normalized spacial score (nSPS) is 9.81. The monoisotopic (exact) mass is 301 g/mol. The second-order valence-electron chi connectivity index (χ2n) is 4.28. The molecular formula is C15H15N3O2S. The fraction of sp³-hybridized carbons (Fsp3) is 0.133. The van der Waals surface area contributed by atoms with Crippen LogP contribution in [0.15, 0.2) is 42.6 Å². The van der Waals surface area contributed by atoms with Gasteiger partial charge in [-0.05, 0) is 42.9 Å². The summed E-state index contributed by atoms with van der Waals surface area (Å²) in [5.74, 6) is 0.777. The summed E-state index contributed by atoms with van der Waals surface area (Å²) < 4.78 is 5.26. The molecule has 0 aliphatic heterocycles. The van der Waals surface area contributed by atoms with Gasteiger partial charge in [-0.25, -0.2) is 4.98 Å². The first-order chi connectivity index (χ1) is 10.1. The number of carbonyl (C=O) groups is 1. The molecule has 1 aromatic heterocycles. The number of rotatable bonds is 3. The van der Waals surface area contributed by atoms with E-state index in [4.69, 9.17) is 17.0 Å². The molecule has 21 heavy (non-hydrogen) atoms. The molecule has 1 heterocycles. The molecule has 0 atom stereocenters. The van der Waals surface area contributed by atoms with Crippen LogP contribution < -0.4 is 15.4 Å². The Morgan fingerprint density at radius 1 is 1.24 bits per heavy atom. The van der Waals surface area contributed by atoms with Gasteiger partial charge in [-0.2, -0.15) is 0 Å². The van der Waals surface area contributed by atoms with Gasteiger partial charge in [-0.3, -0.25) is 10.1 Å². The first-order valence-corrected chi connectivity index (χ1v) is 6.69. The van der Waals surface area contributed by atoms with Gasteiger partial charge in [-0.1, -0.05) is 18.2 Å². The molecule has 0 bridgehead atoms. The minimum Gasteiger partial charge on any atom is -0.496 e. The van der Waals surface area contributed by atoms with E-state index in [1.165, 1.54) is 7.11 Å². The van der Waals surface area contributed by atoms with Crippen LogP contribution in [0.3, 0.4) is 0 Å². The third-order valence-corrected chi connectivity index (χ3v) is 3.00. The summed E-state index contributed by atoms with van der Waals surface area (Å²) in [7, 11) is 1.53. The molecular weight excluding hydrogens is 286 g/mol. The van der Waals surface area contributed by atoms with Crippen LogP contribution in [0.25, 0.3) is 0 Å². The molecule has 0 aliphatic carbocycles. The third kappa shape index (κ3) is 3.76. The average Bonchev–Trinajstić information content (AvgIpc) is 2.47. The molecule has 2 aromatic rings.